The smallest absolute Gasteiger partial charge is 0.0674 e. The van der Waals surface area contributed by atoms with E-state index in [1.165, 1.54) is 5.56 Å². The van der Waals surface area contributed by atoms with Gasteiger partial charge in [0.2, 0.25) is 0 Å². The fourth-order valence-electron chi connectivity index (χ4n) is 2.43. The van der Waals surface area contributed by atoms with Gasteiger partial charge in [0.1, 0.15) is 0 Å². The molecule has 1 aliphatic heterocycles. The molecule has 3 nitrogen and oxygen atoms in total. The normalized spacial score (nSPS) is 25.3. The monoisotopic (exact) mass is 312 g/mol. The Morgan fingerprint density at radius 3 is 2.94 bits per heavy atom. The molecule has 1 aromatic carbocycles. The zero-order valence-corrected chi connectivity index (χ0v) is 12.6. The molecule has 1 aliphatic rings. The molecule has 4 heteroatoms. The highest BCUT2D eigenvalue weighted by atomic mass is 79.9. The van der Waals surface area contributed by atoms with Gasteiger partial charge in [-0.25, -0.2) is 0 Å². The summed E-state index contributed by atoms with van der Waals surface area (Å²) in [5.41, 5.74) is 8.12. The van der Waals surface area contributed by atoms with E-state index in [0.29, 0.717) is 12.1 Å². The minimum absolute atomic E-state index is 0.302. The number of ether oxygens (including phenoxy) is 1. The molecule has 0 radical (unpaired) electrons. The van der Waals surface area contributed by atoms with Gasteiger partial charge in [0.05, 0.1) is 12.7 Å². The number of anilines is 1. The number of rotatable bonds is 3. The molecule has 0 saturated carbocycles. The van der Waals surface area contributed by atoms with Gasteiger partial charge in [-0.15, -0.1) is 0 Å². The second-order valence-corrected chi connectivity index (χ2v) is 5.80. The Balaban J connectivity index is 2.15. The lowest BCUT2D eigenvalue weighted by molar-refractivity contribution is -0.0591. The number of nitrogen functional groups attached to an aromatic ring is 1. The lowest BCUT2D eigenvalue weighted by atomic mass is 10.1. The van der Waals surface area contributed by atoms with Gasteiger partial charge in [-0.05, 0) is 25.5 Å². The van der Waals surface area contributed by atoms with Gasteiger partial charge < -0.3 is 10.5 Å². The van der Waals surface area contributed by atoms with Crippen LogP contribution in [0, 0.1) is 0 Å². The molecule has 0 spiro atoms. The van der Waals surface area contributed by atoms with Crippen molar-refractivity contribution in [1.82, 2.24) is 4.90 Å². The Labute approximate surface area is 117 Å². The number of benzene rings is 1. The molecular formula is C14H21BrN2O. The van der Waals surface area contributed by atoms with Crippen molar-refractivity contribution in [2.45, 2.75) is 39.0 Å². The Kier molecular flexibility index (Phi) is 4.65. The van der Waals surface area contributed by atoms with Crippen LogP contribution in [0.1, 0.15) is 25.8 Å². The maximum Gasteiger partial charge on any atom is 0.0674 e. The molecule has 0 aromatic heterocycles. The van der Waals surface area contributed by atoms with E-state index in [0.717, 1.165) is 36.3 Å². The van der Waals surface area contributed by atoms with Crippen molar-refractivity contribution in [3.8, 4) is 0 Å². The Hall–Kier alpha value is -0.580. The average molecular weight is 313 g/mol. The lowest BCUT2D eigenvalue weighted by Crippen LogP contribution is -2.48. The summed E-state index contributed by atoms with van der Waals surface area (Å²) in [6.07, 6.45) is 1.41. The van der Waals surface area contributed by atoms with Crippen LogP contribution in [0.15, 0.2) is 22.7 Å². The molecule has 0 aliphatic carbocycles. The van der Waals surface area contributed by atoms with E-state index in [4.69, 9.17) is 10.5 Å². The largest absolute Gasteiger partial charge is 0.398 e. The van der Waals surface area contributed by atoms with E-state index < -0.39 is 0 Å². The third-order valence-corrected chi connectivity index (χ3v) is 4.31. The molecule has 18 heavy (non-hydrogen) atoms. The number of nitrogens with zero attached hydrogens (tertiary/aromatic N) is 1. The summed E-state index contributed by atoms with van der Waals surface area (Å²) in [4.78, 5) is 2.48. The van der Waals surface area contributed by atoms with Crippen LogP contribution in [0.25, 0.3) is 0 Å². The van der Waals surface area contributed by atoms with E-state index in [-0.39, 0.29) is 0 Å². The van der Waals surface area contributed by atoms with Crippen molar-refractivity contribution in [3.63, 3.8) is 0 Å². The lowest BCUT2D eigenvalue weighted by Gasteiger charge is -2.38. The summed E-state index contributed by atoms with van der Waals surface area (Å²) in [6.45, 7) is 7.02. The van der Waals surface area contributed by atoms with Gasteiger partial charge in [0.15, 0.2) is 0 Å². The van der Waals surface area contributed by atoms with E-state index in [9.17, 15) is 0 Å². The number of nitrogens with two attached hydrogens (primary N) is 1. The first kappa shape index (κ1) is 13.8. The number of hydrogen-bond donors (Lipinski definition) is 1. The molecule has 2 N–H and O–H groups in total. The average Bonchev–Trinajstić information content (AvgIpc) is 2.34. The maximum atomic E-state index is 6.07. The molecule has 0 bridgehead atoms. The topological polar surface area (TPSA) is 38.5 Å². The Morgan fingerprint density at radius 1 is 1.50 bits per heavy atom. The van der Waals surface area contributed by atoms with Gasteiger partial charge in [-0.1, -0.05) is 28.9 Å². The third-order valence-electron chi connectivity index (χ3n) is 3.57. The van der Waals surface area contributed by atoms with Crippen LogP contribution in [-0.4, -0.2) is 30.2 Å². The highest BCUT2D eigenvalue weighted by Gasteiger charge is 2.26. The highest BCUT2D eigenvalue weighted by Crippen LogP contribution is 2.26. The Morgan fingerprint density at radius 2 is 2.28 bits per heavy atom. The Bertz CT molecular complexity index is 391. The zero-order valence-electron chi connectivity index (χ0n) is 11.0. The number of hydrogen-bond acceptors (Lipinski definition) is 3. The minimum atomic E-state index is 0.302. The quantitative estimate of drug-likeness (QED) is 0.872. The molecule has 100 valence electrons. The second kappa shape index (κ2) is 6.04. The van der Waals surface area contributed by atoms with E-state index >= 15 is 0 Å². The van der Waals surface area contributed by atoms with Crippen LogP contribution in [0.2, 0.25) is 0 Å². The minimum Gasteiger partial charge on any atom is -0.398 e. The molecule has 1 saturated heterocycles. The standard InChI is InChI=1S/C14H21BrN2O/c1-3-11-9-18-10(2)7-17(11)8-12-13(15)5-4-6-14(12)16/h4-6,10-11H,3,7-9,16H2,1-2H3. The third kappa shape index (κ3) is 3.05. The van der Waals surface area contributed by atoms with Gasteiger partial charge in [0, 0.05) is 34.9 Å². The summed E-state index contributed by atoms with van der Waals surface area (Å²) < 4.78 is 6.82. The van der Waals surface area contributed by atoms with Crippen molar-refractivity contribution < 1.29 is 4.74 Å². The van der Waals surface area contributed by atoms with Crippen LogP contribution in [0.4, 0.5) is 5.69 Å². The van der Waals surface area contributed by atoms with E-state index in [1.807, 2.05) is 12.1 Å². The van der Waals surface area contributed by atoms with Crippen molar-refractivity contribution in [2.24, 2.45) is 0 Å². The maximum absolute atomic E-state index is 6.07. The predicted octanol–water partition coefficient (Wildman–Crippen LogP) is 3.03. The van der Waals surface area contributed by atoms with Crippen LogP contribution in [0.5, 0.6) is 0 Å². The van der Waals surface area contributed by atoms with Crippen molar-refractivity contribution in [1.29, 1.82) is 0 Å². The molecule has 2 atom stereocenters. The van der Waals surface area contributed by atoms with Gasteiger partial charge >= 0.3 is 0 Å². The SMILES string of the molecule is CCC1COC(C)CN1Cc1c(N)cccc1Br. The van der Waals surface area contributed by atoms with Gasteiger partial charge in [-0.2, -0.15) is 0 Å². The van der Waals surface area contributed by atoms with Crippen molar-refractivity contribution >= 4 is 21.6 Å². The highest BCUT2D eigenvalue weighted by molar-refractivity contribution is 9.10. The van der Waals surface area contributed by atoms with Crippen LogP contribution in [-0.2, 0) is 11.3 Å². The molecule has 1 aromatic rings. The molecule has 2 rings (SSSR count). The molecule has 1 fully saturated rings. The second-order valence-electron chi connectivity index (χ2n) is 4.94. The fourth-order valence-corrected chi connectivity index (χ4v) is 2.93. The first-order chi connectivity index (χ1) is 8.61. The van der Waals surface area contributed by atoms with Gasteiger partial charge in [-0.3, -0.25) is 4.90 Å². The molecule has 0 amide bonds. The van der Waals surface area contributed by atoms with Crippen molar-refractivity contribution in [2.75, 3.05) is 18.9 Å². The van der Waals surface area contributed by atoms with Crippen LogP contribution in [0.3, 0.4) is 0 Å². The summed E-state index contributed by atoms with van der Waals surface area (Å²) in [7, 11) is 0. The van der Waals surface area contributed by atoms with Crippen LogP contribution >= 0.6 is 15.9 Å². The van der Waals surface area contributed by atoms with Gasteiger partial charge in [0.25, 0.3) is 0 Å². The summed E-state index contributed by atoms with van der Waals surface area (Å²) in [5.74, 6) is 0. The molecule has 1 heterocycles. The first-order valence-electron chi connectivity index (χ1n) is 6.50. The molecule has 2 unspecified atom stereocenters. The molecular weight excluding hydrogens is 292 g/mol. The summed E-state index contributed by atoms with van der Waals surface area (Å²) >= 11 is 3.59. The number of morpholine rings is 1. The predicted molar refractivity (Wildman–Crippen MR) is 78.5 cm³/mol. The summed E-state index contributed by atoms with van der Waals surface area (Å²) in [6, 6.07) is 6.48. The van der Waals surface area contributed by atoms with Crippen molar-refractivity contribution in [3.05, 3.63) is 28.2 Å². The van der Waals surface area contributed by atoms with E-state index in [2.05, 4.69) is 40.7 Å². The fraction of sp³-hybridized carbons (Fsp3) is 0.571. The van der Waals surface area contributed by atoms with E-state index in [1.54, 1.807) is 0 Å². The first-order valence-corrected chi connectivity index (χ1v) is 7.29. The zero-order chi connectivity index (χ0) is 13.1. The van der Waals surface area contributed by atoms with Crippen LogP contribution < -0.4 is 5.73 Å². The number of halogens is 1. The summed E-state index contributed by atoms with van der Waals surface area (Å²) in [5, 5.41) is 0.